The Labute approximate surface area is 86.1 Å². The zero-order valence-corrected chi connectivity index (χ0v) is 9.42. The molecule has 2 N–H and O–H groups in total. The lowest BCUT2D eigenvalue weighted by molar-refractivity contribution is 0.147. The average Bonchev–Trinajstić information content (AvgIpc) is 2.27. The molecule has 4 heteroatoms. The highest BCUT2D eigenvalue weighted by atomic mass is 16.5. The van der Waals surface area contributed by atoms with E-state index in [9.17, 15) is 0 Å². The number of nitrogens with two attached hydrogens (primary N) is 1. The molecule has 1 aliphatic rings. The first-order chi connectivity index (χ1) is 6.49. The number of aliphatic imine (C=N–C) groups is 1. The molecule has 0 unspecified atom stereocenters. The van der Waals surface area contributed by atoms with E-state index in [1.807, 2.05) is 20.8 Å². The molecule has 0 aromatic carbocycles. The van der Waals surface area contributed by atoms with Crippen molar-refractivity contribution in [2.75, 3.05) is 26.3 Å². The maximum Gasteiger partial charge on any atom is 0.191 e. The quantitative estimate of drug-likeness (QED) is 0.464. The summed E-state index contributed by atoms with van der Waals surface area (Å²) in [5.41, 5.74) is 5.82. The van der Waals surface area contributed by atoms with Gasteiger partial charge in [0.15, 0.2) is 5.96 Å². The SMILES string of the molecule is CC(C)(C)N=C(N)N1CCCOCC1. The topological polar surface area (TPSA) is 50.8 Å². The van der Waals surface area contributed by atoms with Crippen molar-refractivity contribution in [1.29, 1.82) is 0 Å². The Bertz CT molecular complexity index is 200. The standard InChI is InChI=1S/C10H21N3O/c1-10(2,3)12-9(11)13-5-4-7-14-8-6-13/h4-8H2,1-3H3,(H2,11,12). The molecule has 0 aromatic rings. The fourth-order valence-electron chi connectivity index (χ4n) is 1.39. The van der Waals surface area contributed by atoms with Crippen molar-refractivity contribution in [2.24, 2.45) is 10.7 Å². The zero-order chi connectivity index (χ0) is 10.6. The van der Waals surface area contributed by atoms with Crippen LogP contribution < -0.4 is 5.73 Å². The van der Waals surface area contributed by atoms with E-state index in [0.29, 0.717) is 5.96 Å². The van der Waals surface area contributed by atoms with Crippen LogP contribution in [0.3, 0.4) is 0 Å². The van der Waals surface area contributed by atoms with Crippen LogP contribution in [-0.2, 0) is 4.74 Å². The van der Waals surface area contributed by atoms with E-state index < -0.39 is 0 Å². The zero-order valence-electron chi connectivity index (χ0n) is 9.42. The smallest absolute Gasteiger partial charge is 0.191 e. The molecule has 0 aliphatic carbocycles. The van der Waals surface area contributed by atoms with E-state index in [1.54, 1.807) is 0 Å². The molecule has 1 heterocycles. The first-order valence-electron chi connectivity index (χ1n) is 5.17. The second-order valence-electron chi connectivity index (χ2n) is 4.59. The van der Waals surface area contributed by atoms with Crippen molar-refractivity contribution >= 4 is 5.96 Å². The number of nitrogens with zero attached hydrogens (tertiary/aromatic N) is 2. The van der Waals surface area contributed by atoms with Gasteiger partial charge in [-0.25, -0.2) is 4.99 Å². The molecule has 0 spiro atoms. The highest BCUT2D eigenvalue weighted by Gasteiger charge is 2.14. The predicted molar refractivity (Wildman–Crippen MR) is 58.4 cm³/mol. The van der Waals surface area contributed by atoms with E-state index in [4.69, 9.17) is 10.5 Å². The van der Waals surface area contributed by atoms with Crippen LogP contribution in [0.1, 0.15) is 27.2 Å². The van der Waals surface area contributed by atoms with Gasteiger partial charge in [-0.05, 0) is 27.2 Å². The Morgan fingerprint density at radius 2 is 2.00 bits per heavy atom. The summed E-state index contributed by atoms with van der Waals surface area (Å²) in [4.78, 5) is 6.53. The van der Waals surface area contributed by atoms with Crippen LogP contribution in [-0.4, -0.2) is 42.7 Å². The number of hydrogen-bond donors (Lipinski definition) is 1. The summed E-state index contributed by atoms with van der Waals surface area (Å²) in [6.45, 7) is 9.53. The molecule has 0 saturated carbocycles. The van der Waals surface area contributed by atoms with Crippen molar-refractivity contribution in [3.8, 4) is 0 Å². The Kier molecular flexibility index (Phi) is 3.75. The van der Waals surface area contributed by atoms with Gasteiger partial charge in [-0.1, -0.05) is 0 Å². The molecule has 0 bridgehead atoms. The highest BCUT2D eigenvalue weighted by Crippen LogP contribution is 2.07. The van der Waals surface area contributed by atoms with Gasteiger partial charge >= 0.3 is 0 Å². The fraction of sp³-hybridized carbons (Fsp3) is 0.900. The van der Waals surface area contributed by atoms with Gasteiger partial charge in [-0.3, -0.25) is 0 Å². The van der Waals surface area contributed by atoms with E-state index in [1.165, 1.54) is 0 Å². The normalized spacial score (nSPS) is 20.8. The minimum absolute atomic E-state index is 0.1000. The van der Waals surface area contributed by atoms with Crippen molar-refractivity contribution in [3.63, 3.8) is 0 Å². The van der Waals surface area contributed by atoms with Gasteiger partial charge in [0.05, 0.1) is 12.1 Å². The van der Waals surface area contributed by atoms with Crippen LogP contribution >= 0.6 is 0 Å². The molecule has 1 aliphatic heterocycles. The van der Waals surface area contributed by atoms with Gasteiger partial charge in [0, 0.05) is 19.7 Å². The van der Waals surface area contributed by atoms with Gasteiger partial charge in [-0.15, -0.1) is 0 Å². The number of ether oxygens (including phenoxy) is 1. The summed E-state index contributed by atoms with van der Waals surface area (Å²) in [7, 11) is 0. The molecule has 14 heavy (non-hydrogen) atoms. The van der Waals surface area contributed by atoms with Crippen molar-refractivity contribution in [3.05, 3.63) is 0 Å². The fourth-order valence-corrected chi connectivity index (χ4v) is 1.39. The third kappa shape index (κ3) is 3.96. The summed E-state index contributed by atoms with van der Waals surface area (Å²) in [6, 6.07) is 0. The van der Waals surface area contributed by atoms with Crippen LogP contribution in [0.25, 0.3) is 0 Å². The molecule has 82 valence electrons. The average molecular weight is 199 g/mol. The molecule has 1 saturated heterocycles. The van der Waals surface area contributed by atoms with Gasteiger partial charge in [0.1, 0.15) is 0 Å². The van der Waals surface area contributed by atoms with Crippen molar-refractivity contribution in [1.82, 2.24) is 4.90 Å². The molecule has 1 fully saturated rings. The largest absolute Gasteiger partial charge is 0.380 e. The third-order valence-electron chi connectivity index (χ3n) is 2.00. The van der Waals surface area contributed by atoms with Crippen molar-refractivity contribution in [2.45, 2.75) is 32.7 Å². The monoisotopic (exact) mass is 199 g/mol. The van der Waals surface area contributed by atoms with E-state index in [-0.39, 0.29) is 5.54 Å². The minimum Gasteiger partial charge on any atom is -0.380 e. The lowest BCUT2D eigenvalue weighted by Crippen LogP contribution is -2.40. The number of rotatable bonds is 0. The minimum atomic E-state index is -0.1000. The molecule has 0 radical (unpaired) electrons. The van der Waals surface area contributed by atoms with Gasteiger partial charge < -0.3 is 15.4 Å². The van der Waals surface area contributed by atoms with Crippen molar-refractivity contribution < 1.29 is 4.74 Å². The maximum atomic E-state index is 5.92. The van der Waals surface area contributed by atoms with Gasteiger partial charge in [0.25, 0.3) is 0 Å². The molecular weight excluding hydrogens is 178 g/mol. The van der Waals surface area contributed by atoms with Crippen LogP contribution in [0.2, 0.25) is 0 Å². The van der Waals surface area contributed by atoms with Gasteiger partial charge in [-0.2, -0.15) is 0 Å². The number of hydrogen-bond acceptors (Lipinski definition) is 2. The summed E-state index contributed by atoms with van der Waals surface area (Å²) in [6.07, 6.45) is 1.03. The predicted octanol–water partition coefficient (Wildman–Crippen LogP) is 0.822. The van der Waals surface area contributed by atoms with Crippen LogP contribution in [0.5, 0.6) is 0 Å². The summed E-state index contributed by atoms with van der Waals surface area (Å²) >= 11 is 0. The second kappa shape index (κ2) is 4.64. The first kappa shape index (κ1) is 11.3. The second-order valence-corrected chi connectivity index (χ2v) is 4.59. The van der Waals surface area contributed by atoms with E-state index >= 15 is 0 Å². The molecular formula is C10H21N3O. The van der Waals surface area contributed by atoms with Crippen LogP contribution in [0.15, 0.2) is 4.99 Å². The molecule has 0 atom stereocenters. The van der Waals surface area contributed by atoms with Gasteiger partial charge in [0.2, 0.25) is 0 Å². The molecule has 0 amide bonds. The highest BCUT2D eigenvalue weighted by molar-refractivity contribution is 5.78. The molecule has 1 rings (SSSR count). The van der Waals surface area contributed by atoms with E-state index in [0.717, 1.165) is 32.7 Å². The summed E-state index contributed by atoms with van der Waals surface area (Å²) < 4.78 is 5.35. The number of guanidine groups is 1. The Morgan fingerprint density at radius 1 is 1.29 bits per heavy atom. The Balaban J connectivity index is 2.57. The summed E-state index contributed by atoms with van der Waals surface area (Å²) in [5.74, 6) is 0.642. The van der Waals surface area contributed by atoms with Crippen LogP contribution in [0, 0.1) is 0 Å². The Morgan fingerprint density at radius 3 is 2.64 bits per heavy atom. The van der Waals surface area contributed by atoms with Crippen LogP contribution in [0.4, 0.5) is 0 Å². The molecule has 0 aromatic heterocycles. The molecule has 4 nitrogen and oxygen atoms in total. The summed E-state index contributed by atoms with van der Waals surface area (Å²) in [5, 5.41) is 0. The third-order valence-corrected chi connectivity index (χ3v) is 2.00. The van der Waals surface area contributed by atoms with E-state index in [2.05, 4.69) is 9.89 Å². The Hall–Kier alpha value is -0.770. The lowest BCUT2D eigenvalue weighted by atomic mass is 10.1. The first-order valence-corrected chi connectivity index (χ1v) is 5.17. The lowest BCUT2D eigenvalue weighted by Gasteiger charge is -2.23. The maximum absolute atomic E-state index is 5.92.